The van der Waals surface area contributed by atoms with Crippen molar-refractivity contribution in [2.45, 2.75) is 44.7 Å². The van der Waals surface area contributed by atoms with Gasteiger partial charge in [0.25, 0.3) is 11.6 Å². The van der Waals surface area contributed by atoms with E-state index in [1.165, 1.54) is 30.0 Å². The molecule has 1 unspecified atom stereocenters. The summed E-state index contributed by atoms with van der Waals surface area (Å²) in [6.07, 6.45) is 5.70. The first-order valence-electron chi connectivity index (χ1n) is 9.63. The largest absolute Gasteiger partial charge is 0.359 e. The Labute approximate surface area is 163 Å². The Hall–Kier alpha value is -3.22. The second-order valence-electron chi connectivity index (χ2n) is 7.17. The molecule has 4 rings (SSSR count). The Morgan fingerprint density at radius 1 is 1.04 bits per heavy atom. The zero-order valence-corrected chi connectivity index (χ0v) is 15.5. The first-order valence-corrected chi connectivity index (χ1v) is 9.63. The molecule has 1 amide bonds. The molecule has 0 saturated heterocycles. The Kier molecular flexibility index (Phi) is 5.06. The molecule has 28 heavy (non-hydrogen) atoms. The number of nitrogens with zero attached hydrogens (tertiary/aromatic N) is 3. The number of para-hydroxylation sites is 1. The summed E-state index contributed by atoms with van der Waals surface area (Å²) in [5.41, 5.74) is 2.91. The number of carbonyl (C=O) groups is 1. The number of hydrogen-bond acceptors (Lipinski definition) is 5. The van der Waals surface area contributed by atoms with Crippen molar-refractivity contribution >= 4 is 23.0 Å². The molecule has 2 aliphatic rings. The summed E-state index contributed by atoms with van der Waals surface area (Å²) in [6, 6.07) is 13.7. The van der Waals surface area contributed by atoms with E-state index < -0.39 is 11.1 Å². The summed E-state index contributed by atoms with van der Waals surface area (Å²) in [7, 11) is 0. The molecule has 0 spiro atoms. The number of amides is 1. The van der Waals surface area contributed by atoms with E-state index in [0.717, 1.165) is 31.4 Å². The highest BCUT2D eigenvalue weighted by atomic mass is 16.6. The van der Waals surface area contributed by atoms with Gasteiger partial charge in [0, 0.05) is 29.1 Å². The molecule has 1 saturated carbocycles. The van der Waals surface area contributed by atoms with E-state index in [1.807, 2.05) is 18.2 Å². The van der Waals surface area contributed by atoms with E-state index in [9.17, 15) is 14.9 Å². The molecule has 7 nitrogen and oxygen atoms in total. The van der Waals surface area contributed by atoms with Gasteiger partial charge in [-0.3, -0.25) is 14.9 Å². The monoisotopic (exact) mass is 378 g/mol. The number of rotatable bonds is 3. The number of hydrazone groups is 1. The number of fused-ring (bicyclic) bond motifs is 1. The van der Waals surface area contributed by atoms with Crippen LogP contribution in [0.5, 0.6) is 0 Å². The predicted octanol–water partition coefficient (Wildman–Crippen LogP) is 4.87. The highest BCUT2D eigenvalue weighted by Gasteiger charge is 2.34. The molecule has 144 valence electrons. The van der Waals surface area contributed by atoms with Crippen LogP contribution >= 0.6 is 0 Å². The third-order valence-corrected chi connectivity index (χ3v) is 5.23. The number of nitro groups is 1. The van der Waals surface area contributed by atoms with Gasteiger partial charge in [0.15, 0.2) is 6.17 Å². The lowest BCUT2D eigenvalue weighted by molar-refractivity contribution is -0.384. The van der Waals surface area contributed by atoms with Crippen LogP contribution in [0.15, 0.2) is 53.6 Å². The topological polar surface area (TPSA) is 87.8 Å². The molecule has 7 heteroatoms. The van der Waals surface area contributed by atoms with Crippen LogP contribution in [0.3, 0.4) is 0 Å². The number of anilines is 1. The maximum Gasteiger partial charge on any atom is 0.278 e. The molecule has 0 bridgehead atoms. The Bertz CT molecular complexity index is 931. The Balaban J connectivity index is 1.77. The molecule has 1 aliphatic carbocycles. The van der Waals surface area contributed by atoms with Crippen LogP contribution in [-0.2, 0) is 0 Å². The van der Waals surface area contributed by atoms with Crippen molar-refractivity contribution in [3.8, 4) is 0 Å². The maximum atomic E-state index is 13.2. The number of nitro benzene ring substituents is 1. The van der Waals surface area contributed by atoms with Crippen LogP contribution < -0.4 is 5.32 Å². The summed E-state index contributed by atoms with van der Waals surface area (Å²) >= 11 is 0. The third kappa shape index (κ3) is 3.60. The highest BCUT2D eigenvalue weighted by Crippen LogP contribution is 2.34. The van der Waals surface area contributed by atoms with Crippen molar-refractivity contribution in [3.05, 3.63) is 69.8 Å². The second kappa shape index (κ2) is 7.80. The quantitative estimate of drug-likeness (QED) is 0.469. The van der Waals surface area contributed by atoms with Gasteiger partial charge < -0.3 is 5.32 Å². The summed E-state index contributed by atoms with van der Waals surface area (Å²) in [5.74, 6) is -0.192. The summed E-state index contributed by atoms with van der Waals surface area (Å²) in [6.45, 7) is 0. The highest BCUT2D eigenvalue weighted by molar-refractivity contribution is 6.02. The molecule has 1 atom stereocenters. The minimum atomic E-state index is -0.585. The molecule has 2 aromatic rings. The van der Waals surface area contributed by atoms with Crippen LogP contribution in [0.25, 0.3) is 0 Å². The summed E-state index contributed by atoms with van der Waals surface area (Å²) in [5, 5.41) is 20.7. The van der Waals surface area contributed by atoms with Crippen LogP contribution in [-0.4, -0.2) is 21.6 Å². The molecular formula is C21H22N4O3. The van der Waals surface area contributed by atoms with Gasteiger partial charge in [-0.25, -0.2) is 5.01 Å². The van der Waals surface area contributed by atoms with Gasteiger partial charge in [-0.05, 0) is 37.8 Å². The van der Waals surface area contributed by atoms with Crippen molar-refractivity contribution in [2.24, 2.45) is 5.10 Å². The number of nitrogens with one attached hydrogen (secondary N) is 1. The van der Waals surface area contributed by atoms with Gasteiger partial charge >= 0.3 is 0 Å². The maximum absolute atomic E-state index is 13.2. The fourth-order valence-corrected chi connectivity index (χ4v) is 3.77. The van der Waals surface area contributed by atoms with Gasteiger partial charge in [0.2, 0.25) is 0 Å². The standard InChI is InChI=1S/C21H22N4O3/c26-21-18-12-5-6-13-19(18)22-20(15-8-7-11-17(14-15)25(27)28)24(21)23-16-9-3-1-2-4-10-16/h5-8,11-14,20,22H,1-4,9-10H2. The molecule has 0 radical (unpaired) electrons. The van der Waals surface area contributed by atoms with Crippen molar-refractivity contribution in [3.63, 3.8) is 0 Å². The molecule has 1 N–H and O–H groups in total. The average molecular weight is 378 g/mol. The van der Waals surface area contributed by atoms with E-state index in [1.54, 1.807) is 18.2 Å². The molecule has 1 heterocycles. The van der Waals surface area contributed by atoms with E-state index in [0.29, 0.717) is 16.8 Å². The molecule has 2 aromatic carbocycles. The first kappa shape index (κ1) is 18.2. The molecule has 0 aromatic heterocycles. The van der Waals surface area contributed by atoms with Crippen LogP contribution in [0.1, 0.15) is 60.6 Å². The number of hydrogen-bond donors (Lipinski definition) is 1. The van der Waals surface area contributed by atoms with E-state index in [-0.39, 0.29) is 11.6 Å². The van der Waals surface area contributed by atoms with Gasteiger partial charge in [-0.1, -0.05) is 37.1 Å². The van der Waals surface area contributed by atoms with Gasteiger partial charge in [0.1, 0.15) is 0 Å². The van der Waals surface area contributed by atoms with E-state index in [2.05, 4.69) is 5.32 Å². The molecular weight excluding hydrogens is 356 g/mol. The lowest BCUT2D eigenvalue weighted by atomic mass is 10.0. The minimum Gasteiger partial charge on any atom is -0.359 e. The van der Waals surface area contributed by atoms with E-state index >= 15 is 0 Å². The fraction of sp³-hybridized carbons (Fsp3) is 0.333. The lowest BCUT2D eigenvalue weighted by Gasteiger charge is -2.35. The van der Waals surface area contributed by atoms with E-state index in [4.69, 9.17) is 5.10 Å². The Morgan fingerprint density at radius 2 is 1.79 bits per heavy atom. The molecule has 1 aliphatic heterocycles. The minimum absolute atomic E-state index is 0.00678. The molecule has 1 fully saturated rings. The van der Waals surface area contributed by atoms with Crippen LogP contribution in [0.2, 0.25) is 0 Å². The number of non-ortho nitro benzene ring substituents is 1. The van der Waals surface area contributed by atoms with Crippen molar-refractivity contribution in [1.29, 1.82) is 0 Å². The van der Waals surface area contributed by atoms with Crippen molar-refractivity contribution < 1.29 is 9.72 Å². The SMILES string of the molecule is O=C1c2ccccc2NC(c2cccc([N+](=O)[O-])c2)N1N=C1CCCCCC1. The third-order valence-electron chi connectivity index (χ3n) is 5.23. The predicted molar refractivity (Wildman–Crippen MR) is 107 cm³/mol. The first-order chi connectivity index (χ1) is 13.6. The van der Waals surface area contributed by atoms with Crippen molar-refractivity contribution in [2.75, 3.05) is 5.32 Å². The number of carbonyl (C=O) groups excluding carboxylic acids is 1. The second-order valence-corrected chi connectivity index (χ2v) is 7.17. The van der Waals surface area contributed by atoms with Gasteiger partial charge in [0.05, 0.1) is 10.5 Å². The average Bonchev–Trinajstić information content (AvgIpc) is 2.99. The summed E-state index contributed by atoms with van der Waals surface area (Å²) < 4.78 is 0. The Morgan fingerprint density at radius 3 is 2.54 bits per heavy atom. The van der Waals surface area contributed by atoms with Crippen LogP contribution in [0.4, 0.5) is 11.4 Å². The van der Waals surface area contributed by atoms with Gasteiger partial charge in [-0.15, -0.1) is 0 Å². The smallest absolute Gasteiger partial charge is 0.278 e. The normalized spacial score (nSPS) is 19.4. The van der Waals surface area contributed by atoms with Crippen molar-refractivity contribution in [1.82, 2.24) is 5.01 Å². The number of benzene rings is 2. The van der Waals surface area contributed by atoms with Gasteiger partial charge in [-0.2, -0.15) is 5.10 Å². The van der Waals surface area contributed by atoms with Crippen LogP contribution in [0, 0.1) is 10.1 Å². The zero-order chi connectivity index (χ0) is 19.5. The zero-order valence-electron chi connectivity index (χ0n) is 15.5. The fourth-order valence-electron chi connectivity index (χ4n) is 3.77. The summed E-state index contributed by atoms with van der Waals surface area (Å²) in [4.78, 5) is 24.0. The lowest BCUT2D eigenvalue weighted by Crippen LogP contribution is -2.40.